The first-order chi connectivity index (χ1) is 10.7. The first-order valence-corrected chi connectivity index (χ1v) is 8.03. The Kier molecular flexibility index (Phi) is 4.45. The maximum absolute atomic E-state index is 12.3. The summed E-state index contributed by atoms with van der Waals surface area (Å²) in [4.78, 5) is 18.3. The molecule has 1 aromatic rings. The summed E-state index contributed by atoms with van der Waals surface area (Å²) in [5.74, 6) is 0.196. The quantitative estimate of drug-likeness (QED) is 0.913. The smallest absolute Gasteiger partial charge is 0.222 e. The lowest BCUT2D eigenvalue weighted by Crippen LogP contribution is -2.62. The molecule has 0 aromatic carbocycles. The van der Waals surface area contributed by atoms with Crippen LogP contribution in [0, 0.1) is 5.41 Å². The van der Waals surface area contributed by atoms with Gasteiger partial charge >= 0.3 is 0 Å². The van der Waals surface area contributed by atoms with Gasteiger partial charge in [-0.1, -0.05) is 6.07 Å². The number of rotatable bonds is 4. The SMILES string of the molecule is CO[C@@H]1C[C@H](O)C12CCN(C(=O)CCc1cccnc1)CC2. The van der Waals surface area contributed by atoms with Crippen LogP contribution in [-0.2, 0) is 16.0 Å². The molecule has 5 nitrogen and oxygen atoms in total. The van der Waals surface area contributed by atoms with E-state index in [1.54, 1.807) is 13.3 Å². The number of carbonyl (C=O) groups is 1. The fourth-order valence-electron chi connectivity index (χ4n) is 3.84. The summed E-state index contributed by atoms with van der Waals surface area (Å²) >= 11 is 0. The second-order valence-corrected chi connectivity index (χ2v) is 6.45. The molecule has 2 atom stereocenters. The normalized spacial score (nSPS) is 26.7. The highest BCUT2D eigenvalue weighted by Crippen LogP contribution is 2.50. The number of aromatic nitrogens is 1. The van der Waals surface area contributed by atoms with Gasteiger partial charge in [0.1, 0.15) is 0 Å². The molecule has 1 aliphatic heterocycles. The number of aryl methyl sites for hydroxylation is 1. The van der Waals surface area contributed by atoms with Gasteiger partial charge in [-0.2, -0.15) is 0 Å². The van der Waals surface area contributed by atoms with Gasteiger partial charge in [0.15, 0.2) is 0 Å². The summed E-state index contributed by atoms with van der Waals surface area (Å²) < 4.78 is 5.48. The van der Waals surface area contributed by atoms with Gasteiger partial charge in [0.05, 0.1) is 12.2 Å². The maximum Gasteiger partial charge on any atom is 0.222 e. The molecule has 1 amide bonds. The van der Waals surface area contributed by atoms with E-state index in [2.05, 4.69) is 4.98 Å². The van der Waals surface area contributed by atoms with Gasteiger partial charge in [-0.3, -0.25) is 9.78 Å². The van der Waals surface area contributed by atoms with Crippen LogP contribution in [0.5, 0.6) is 0 Å². The topological polar surface area (TPSA) is 62.7 Å². The lowest BCUT2D eigenvalue weighted by Gasteiger charge is -2.56. The molecule has 22 heavy (non-hydrogen) atoms. The Morgan fingerprint density at radius 1 is 1.50 bits per heavy atom. The van der Waals surface area contributed by atoms with E-state index < -0.39 is 0 Å². The van der Waals surface area contributed by atoms with Crippen molar-refractivity contribution < 1.29 is 14.6 Å². The molecule has 2 fully saturated rings. The summed E-state index contributed by atoms with van der Waals surface area (Å²) in [6, 6.07) is 3.90. The Morgan fingerprint density at radius 2 is 2.27 bits per heavy atom. The third kappa shape index (κ3) is 2.75. The van der Waals surface area contributed by atoms with E-state index in [9.17, 15) is 9.90 Å². The van der Waals surface area contributed by atoms with Gasteiger partial charge in [-0.05, 0) is 30.9 Å². The van der Waals surface area contributed by atoms with Crippen LogP contribution < -0.4 is 0 Å². The van der Waals surface area contributed by atoms with Gasteiger partial charge < -0.3 is 14.7 Å². The van der Waals surface area contributed by atoms with E-state index >= 15 is 0 Å². The van der Waals surface area contributed by atoms with Crippen LogP contribution in [0.2, 0.25) is 0 Å². The number of nitrogens with zero attached hydrogens (tertiary/aromatic N) is 2. The van der Waals surface area contributed by atoms with Crippen LogP contribution in [0.4, 0.5) is 0 Å². The number of methoxy groups -OCH3 is 1. The predicted octanol–water partition coefficient (Wildman–Crippen LogP) is 1.40. The lowest BCUT2D eigenvalue weighted by atomic mass is 9.58. The van der Waals surface area contributed by atoms with Crippen molar-refractivity contribution in [1.29, 1.82) is 0 Å². The van der Waals surface area contributed by atoms with Crippen molar-refractivity contribution in [3.8, 4) is 0 Å². The molecule has 1 aromatic heterocycles. The van der Waals surface area contributed by atoms with Crippen molar-refractivity contribution >= 4 is 5.91 Å². The number of carbonyl (C=O) groups excluding carboxylic acids is 1. The average molecular weight is 304 g/mol. The molecule has 0 unspecified atom stereocenters. The second-order valence-electron chi connectivity index (χ2n) is 6.45. The average Bonchev–Trinajstić information content (AvgIpc) is 2.58. The molecule has 0 radical (unpaired) electrons. The predicted molar refractivity (Wildman–Crippen MR) is 82.2 cm³/mol. The van der Waals surface area contributed by atoms with Crippen LogP contribution >= 0.6 is 0 Å². The summed E-state index contributed by atoms with van der Waals surface area (Å²) in [6.07, 6.45) is 7.09. The largest absolute Gasteiger partial charge is 0.392 e. The zero-order valence-corrected chi connectivity index (χ0v) is 13.1. The third-order valence-corrected chi connectivity index (χ3v) is 5.42. The number of hydrogen-bond acceptors (Lipinski definition) is 4. The van der Waals surface area contributed by atoms with Crippen LogP contribution in [0.3, 0.4) is 0 Å². The van der Waals surface area contributed by atoms with E-state index in [1.165, 1.54) is 0 Å². The van der Waals surface area contributed by atoms with Gasteiger partial charge in [0.25, 0.3) is 0 Å². The first kappa shape index (κ1) is 15.4. The van der Waals surface area contributed by atoms with Crippen molar-refractivity contribution in [2.24, 2.45) is 5.41 Å². The number of ether oxygens (including phenoxy) is 1. The van der Waals surface area contributed by atoms with E-state index in [0.29, 0.717) is 6.42 Å². The van der Waals surface area contributed by atoms with Crippen LogP contribution in [0.15, 0.2) is 24.5 Å². The van der Waals surface area contributed by atoms with Crippen molar-refractivity contribution in [2.75, 3.05) is 20.2 Å². The molecule has 120 valence electrons. The number of likely N-dealkylation sites (tertiary alicyclic amines) is 1. The molecular formula is C17H24N2O3. The molecule has 1 saturated heterocycles. The minimum absolute atomic E-state index is 0.116. The minimum Gasteiger partial charge on any atom is -0.392 e. The van der Waals surface area contributed by atoms with Crippen LogP contribution in [-0.4, -0.2) is 53.3 Å². The zero-order valence-electron chi connectivity index (χ0n) is 13.1. The fraction of sp³-hybridized carbons (Fsp3) is 0.647. The lowest BCUT2D eigenvalue weighted by molar-refractivity contribution is -0.202. The summed E-state index contributed by atoms with van der Waals surface area (Å²) in [5, 5.41) is 10.1. The maximum atomic E-state index is 12.3. The molecule has 1 aliphatic carbocycles. The Bertz CT molecular complexity index is 512. The Labute approximate surface area is 131 Å². The summed E-state index contributed by atoms with van der Waals surface area (Å²) in [6.45, 7) is 1.45. The van der Waals surface area contributed by atoms with Crippen molar-refractivity contribution in [1.82, 2.24) is 9.88 Å². The van der Waals surface area contributed by atoms with Crippen LogP contribution in [0.1, 0.15) is 31.2 Å². The second kappa shape index (κ2) is 6.34. The number of aliphatic hydroxyl groups is 1. The Hall–Kier alpha value is -1.46. The highest BCUT2D eigenvalue weighted by atomic mass is 16.5. The van der Waals surface area contributed by atoms with Crippen LogP contribution in [0.25, 0.3) is 0 Å². The molecule has 5 heteroatoms. The van der Waals surface area contributed by atoms with E-state index in [1.807, 2.05) is 23.2 Å². The van der Waals surface area contributed by atoms with Crippen molar-refractivity contribution in [2.45, 2.75) is 44.3 Å². The van der Waals surface area contributed by atoms with Crippen molar-refractivity contribution in [3.63, 3.8) is 0 Å². The highest BCUT2D eigenvalue weighted by Gasteiger charge is 2.56. The molecular weight excluding hydrogens is 280 g/mol. The Morgan fingerprint density at radius 3 is 2.86 bits per heavy atom. The fourth-order valence-corrected chi connectivity index (χ4v) is 3.84. The van der Waals surface area contributed by atoms with Gasteiger partial charge in [-0.25, -0.2) is 0 Å². The van der Waals surface area contributed by atoms with E-state index in [0.717, 1.165) is 44.3 Å². The monoisotopic (exact) mass is 304 g/mol. The number of piperidine rings is 1. The number of pyridine rings is 1. The molecule has 2 heterocycles. The number of hydrogen-bond donors (Lipinski definition) is 1. The molecule has 2 aliphatic rings. The Balaban J connectivity index is 1.50. The van der Waals surface area contributed by atoms with Gasteiger partial charge in [0, 0.05) is 50.8 Å². The highest BCUT2D eigenvalue weighted by molar-refractivity contribution is 5.76. The van der Waals surface area contributed by atoms with E-state index in [-0.39, 0.29) is 23.5 Å². The molecule has 1 spiro atoms. The molecule has 0 bridgehead atoms. The number of aliphatic hydroxyl groups excluding tert-OH is 1. The number of amides is 1. The molecule has 3 rings (SSSR count). The summed E-state index contributed by atoms with van der Waals surface area (Å²) in [7, 11) is 1.71. The zero-order chi connectivity index (χ0) is 15.6. The standard InChI is InChI=1S/C17H24N2O3/c1-22-15-11-14(20)17(15)6-9-19(10-7-17)16(21)5-4-13-3-2-8-18-12-13/h2-3,8,12,14-15,20H,4-7,9-11H2,1H3/t14-,15+/m0/s1. The van der Waals surface area contributed by atoms with Gasteiger partial charge in [0.2, 0.25) is 5.91 Å². The van der Waals surface area contributed by atoms with E-state index in [4.69, 9.17) is 4.74 Å². The molecule has 1 saturated carbocycles. The third-order valence-electron chi connectivity index (χ3n) is 5.42. The minimum atomic E-state index is -0.273. The molecule has 1 N–H and O–H groups in total. The summed E-state index contributed by atoms with van der Waals surface area (Å²) in [5.41, 5.74) is 0.979. The van der Waals surface area contributed by atoms with Crippen molar-refractivity contribution in [3.05, 3.63) is 30.1 Å². The van der Waals surface area contributed by atoms with Gasteiger partial charge in [-0.15, -0.1) is 0 Å². The first-order valence-electron chi connectivity index (χ1n) is 8.03.